The first-order valence-corrected chi connectivity index (χ1v) is 11.1. The molecule has 2 N–H and O–H groups in total. The number of urea groups is 1. The van der Waals surface area contributed by atoms with Gasteiger partial charge in [0.05, 0.1) is 13.1 Å². The van der Waals surface area contributed by atoms with Gasteiger partial charge >= 0.3 is 6.03 Å². The minimum Gasteiger partial charge on any atom is -0.454 e. The summed E-state index contributed by atoms with van der Waals surface area (Å²) in [7, 11) is 0. The molecule has 0 bridgehead atoms. The van der Waals surface area contributed by atoms with Gasteiger partial charge in [-0.25, -0.2) is 4.79 Å². The fourth-order valence-corrected chi connectivity index (χ4v) is 4.53. The molecule has 3 heterocycles. The van der Waals surface area contributed by atoms with Crippen LogP contribution in [0.3, 0.4) is 0 Å². The molecule has 0 atom stereocenters. The average Bonchev–Trinajstić information content (AvgIpc) is 3.35. The van der Waals surface area contributed by atoms with Crippen molar-refractivity contribution >= 4 is 35.1 Å². The highest BCUT2D eigenvalue weighted by molar-refractivity contribution is 6.30. The number of rotatable bonds is 5. The molecule has 0 unspecified atom stereocenters. The lowest BCUT2D eigenvalue weighted by Gasteiger charge is -2.36. The van der Waals surface area contributed by atoms with Crippen LogP contribution in [0.4, 0.5) is 10.5 Å². The number of likely N-dealkylation sites (tertiary alicyclic amines) is 1. The van der Waals surface area contributed by atoms with Gasteiger partial charge in [0.25, 0.3) is 5.91 Å². The standard InChI is InChI=1S/C23H23ClN4O5/c24-16-3-1-15(2-4-16)12-28-21(30)23(26-22(28)31)7-9-27(10-8-23)13-20(29)25-17-5-6-18-19(11-17)33-14-32-18/h1-6,11H,7-10,12-14H2,(H,25,29)(H,26,31). The summed E-state index contributed by atoms with van der Waals surface area (Å²) >= 11 is 5.92. The Balaban J connectivity index is 1.15. The van der Waals surface area contributed by atoms with E-state index < -0.39 is 5.54 Å². The molecule has 9 nitrogen and oxygen atoms in total. The SMILES string of the molecule is O=C(CN1CCC2(CC1)NC(=O)N(Cc1ccc(Cl)cc1)C2=O)Nc1ccc2c(c1)OCO2. The van der Waals surface area contributed by atoms with Gasteiger partial charge in [0.2, 0.25) is 12.7 Å². The normalized spacial score (nSPS) is 19.1. The Morgan fingerprint density at radius 1 is 1.06 bits per heavy atom. The van der Waals surface area contributed by atoms with Crippen molar-refractivity contribution in [1.82, 2.24) is 15.1 Å². The maximum atomic E-state index is 13.1. The van der Waals surface area contributed by atoms with Crippen molar-refractivity contribution in [2.24, 2.45) is 0 Å². The first-order chi connectivity index (χ1) is 15.9. The van der Waals surface area contributed by atoms with Crippen LogP contribution in [-0.4, -0.2) is 59.6 Å². The number of fused-ring (bicyclic) bond motifs is 1. The zero-order valence-electron chi connectivity index (χ0n) is 17.8. The Bertz CT molecular complexity index is 1100. The quantitative estimate of drug-likeness (QED) is 0.651. The summed E-state index contributed by atoms with van der Waals surface area (Å²) in [5.41, 5.74) is 0.555. The molecule has 2 aromatic rings. The number of anilines is 1. The van der Waals surface area contributed by atoms with E-state index in [1.54, 1.807) is 42.5 Å². The molecule has 2 saturated heterocycles. The number of hydrogen-bond donors (Lipinski definition) is 2. The van der Waals surface area contributed by atoms with Crippen molar-refractivity contribution in [3.8, 4) is 11.5 Å². The minimum atomic E-state index is -0.909. The fraction of sp³-hybridized carbons (Fsp3) is 0.348. The van der Waals surface area contributed by atoms with Gasteiger partial charge in [-0.15, -0.1) is 0 Å². The van der Waals surface area contributed by atoms with Crippen LogP contribution in [-0.2, 0) is 16.1 Å². The number of amides is 4. The maximum absolute atomic E-state index is 13.1. The summed E-state index contributed by atoms with van der Waals surface area (Å²) in [6.45, 7) is 1.62. The van der Waals surface area contributed by atoms with Crippen LogP contribution in [0.15, 0.2) is 42.5 Å². The molecule has 2 aromatic carbocycles. The van der Waals surface area contributed by atoms with E-state index in [9.17, 15) is 14.4 Å². The van der Waals surface area contributed by atoms with E-state index in [0.717, 1.165) is 5.56 Å². The van der Waals surface area contributed by atoms with Crippen LogP contribution >= 0.6 is 11.6 Å². The number of nitrogens with one attached hydrogen (secondary N) is 2. The Labute approximate surface area is 195 Å². The third kappa shape index (κ3) is 4.34. The fourth-order valence-electron chi connectivity index (χ4n) is 4.40. The molecule has 33 heavy (non-hydrogen) atoms. The van der Waals surface area contributed by atoms with Gasteiger partial charge in [-0.2, -0.15) is 0 Å². The molecule has 172 valence electrons. The average molecular weight is 471 g/mol. The summed E-state index contributed by atoms with van der Waals surface area (Å²) in [5, 5.41) is 6.36. The Hall–Kier alpha value is -3.30. The maximum Gasteiger partial charge on any atom is 0.325 e. The van der Waals surface area contributed by atoms with Gasteiger partial charge < -0.3 is 20.1 Å². The molecule has 1 spiro atoms. The second-order valence-electron chi connectivity index (χ2n) is 8.42. The van der Waals surface area contributed by atoms with Gasteiger partial charge in [-0.3, -0.25) is 19.4 Å². The largest absolute Gasteiger partial charge is 0.454 e. The molecule has 0 aromatic heterocycles. The molecule has 2 fully saturated rings. The number of benzene rings is 2. The molecule has 10 heteroatoms. The predicted molar refractivity (Wildman–Crippen MR) is 120 cm³/mol. The highest BCUT2D eigenvalue weighted by atomic mass is 35.5. The minimum absolute atomic E-state index is 0.157. The van der Waals surface area contributed by atoms with Crippen molar-refractivity contribution in [2.75, 3.05) is 31.7 Å². The zero-order valence-corrected chi connectivity index (χ0v) is 18.6. The second kappa shape index (κ2) is 8.57. The summed E-state index contributed by atoms with van der Waals surface area (Å²) in [6.07, 6.45) is 0.901. The summed E-state index contributed by atoms with van der Waals surface area (Å²) in [6, 6.07) is 11.9. The van der Waals surface area contributed by atoms with Crippen LogP contribution in [0.5, 0.6) is 11.5 Å². The number of imide groups is 1. The van der Waals surface area contributed by atoms with Crippen LogP contribution < -0.4 is 20.1 Å². The lowest BCUT2D eigenvalue weighted by molar-refractivity contribution is -0.133. The van der Waals surface area contributed by atoms with Gasteiger partial charge in [0.1, 0.15) is 5.54 Å². The summed E-state index contributed by atoms with van der Waals surface area (Å²) < 4.78 is 10.6. The van der Waals surface area contributed by atoms with Gasteiger partial charge in [-0.05, 0) is 42.7 Å². The molecule has 3 aliphatic heterocycles. The van der Waals surface area contributed by atoms with Crippen molar-refractivity contribution in [2.45, 2.75) is 24.9 Å². The van der Waals surface area contributed by atoms with Gasteiger partial charge in [0, 0.05) is 29.9 Å². The van der Waals surface area contributed by atoms with Crippen molar-refractivity contribution in [1.29, 1.82) is 0 Å². The number of piperidine rings is 1. The summed E-state index contributed by atoms with van der Waals surface area (Å²) in [5.74, 6) is 0.886. The Morgan fingerprint density at radius 2 is 1.79 bits per heavy atom. The third-order valence-electron chi connectivity index (χ3n) is 6.23. The van der Waals surface area contributed by atoms with Gasteiger partial charge in [-0.1, -0.05) is 23.7 Å². The number of hydrogen-bond acceptors (Lipinski definition) is 6. The highest BCUT2D eigenvalue weighted by Gasteiger charge is 2.52. The predicted octanol–water partition coefficient (Wildman–Crippen LogP) is 2.59. The number of halogens is 1. The van der Waals surface area contributed by atoms with E-state index >= 15 is 0 Å². The van der Waals surface area contributed by atoms with E-state index in [2.05, 4.69) is 10.6 Å². The van der Waals surface area contributed by atoms with Gasteiger partial charge in [0.15, 0.2) is 11.5 Å². The molecule has 4 amide bonds. The lowest BCUT2D eigenvalue weighted by atomic mass is 9.87. The zero-order chi connectivity index (χ0) is 23.0. The Morgan fingerprint density at radius 3 is 2.55 bits per heavy atom. The number of nitrogens with zero attached hydrogens (tertiary/aromatic N) is 2. The number of carbonyl (C=O) groups excluding carboxylic acids is 3. The van der Waals surface area contributed by atoms with Crippen LogP contribution in [0.2, 0.25) is 5.02 Å². The topological polar surface area (TPSA) is 100 Å². The molecular formula is C23H23ClN4O5. The summed E-state index contributed by atoms with van der Waals surface area (Å²) in [4.78, 5) is 41.4. The first kappa shape index (κ1) is 21.5. The van der Waals surface area contributed by atoms with Crippen molar-refractivity contribution < 1.29 is 23.9 Å². The Kier molecular flexibility index (Phi) is 5.59. The number of ether oxygens (including phenoxy) is 2. The first-order valence-electron chi connectivity index (χ1n) is 10.7. The van der Waals surface area contributed by atoms with Crippen LogP contribution in [0.25, 0.3) is 0 Å². The molecule has 0 radical (unpaired) electrons. The van der Waals surface area contributed by atoms with Crippen LogP contribution in [0.1, 0.15) is 18.4 Å². The second-order valence-corrected chi connectivity index (χ2v) is 8.86. The third-order valence-corrected chi connectivity index (χ3v) is 6.48. The van der Waals surface area contributed by atoms with Crippen molar-refractivity contribution in [3.63, 3.8) is 0 Å². The molecule has 5 rings (SSSR count). The smallest absolute Gasteiger partial charge is 0.325 e. The lowest BCUT2D eigenvalue weighted by Crippen LogP contribution is -2.55. The van der Waals surface area contributed by atoms with E-state index in [0.29, 0.717) is 48.1 Å². The highest BCUT2D eigenvalue weighted by Crippen LogP contribution is 2.34. The van der Waals surface area contributed by atoms with Crippen LogP contribution in [0, 0.1) is 0 Å². The van der Waals surface area contributed by atoms with E-state index in [1.807, 2.05) is 4.90 Å². The van der Waals surface area contributed by atoms with Crippen molar-refractivity contribution in [3.05, 3.63) is 53.1 Å². The monoisotopic (exact) mass is 470 g/mol. The number of carbonyl (C=O) groups is 3. The van der Waals surface area contributed by atoms with E-state index in [4.69, 9.17) is 21.1 Å². The van der Waals surface area contributed by atoms with E-state index in [1.165, 1.54) is 4.90 Å². The molecule has 0 saturated carbocycles. The molecule has 0 aliphatic carbocycles. The van der Waals surface area contributed by atoms with E-state index in [-0.39, 0.29) is 37.7 Å². The molecule has 3 aliphatic rings. The molecular weight excluding hydrogens is 448 g/mol.